The zero-order chi connectivity index (χ0) is 40.6. The number of hydrogen-bond acceptors (Lipinski definition) is 11. The number of fused-ring (bicyclic) bond motifs is 1. The molecule has 2 aromatic carbocycles. The molecule has 58 heavy (non-hydrogen) atoms. The van der Waals surface area contributed by atoms with Gasteiger partial charge in [0, 0.05) is 43.1 Å². The van der Waals surface area contributed by atoms with Crippen LogP contribution in [0.4, 0.5) is 27.4 Å². The predicted molar refractivity (Wildman–Crippen MR) is 221 cm³/mol. The van der Waals surface area contributed by atoms with Crippen molar-refractivity contribution < 1.29 is 19.1 Å². The van der Waals surface area contributed by atoms with Crippen LogP contribution < -0.4 is 26.4 Å². The number of hydrogen-bond donors (Lipinski definition) is 4. The van der Waals surface area contributed by atoms with Gasteiger partial charge in [-0.2, -0.15) is 4.98 Å². The van der Waals surface area contributed by atoms with Crippen LogP contribution in [0.1, 0.15) is 69.5 Å². The Labute approximate surface area is 335 Å². The van der Waals surface area contributed by atoms with Gasteiger partial charge in [-0.05, 0) is 113 Å². The normalized spacial score (nSPS) is 18.7. The number of halogens is 1. The number of anilines is 4. The largest absolute Gasteiger partial charge is 0.384 e. The van der Waals surface area contributed by atoms with E-state index in [1.54, 1.807) is 54.9 Å². The zero-order valence-electron chi connectivity index (χ0n) is 32.8. The SMILES string of the molecule is C=CCn1c(=O)c2cnc(Nc3ccc(C4CCN(C5CCN(c6ccc(NC7CCC(=O)NC7=O)cc6F)CC5)CC4)cc3)nc2n1-c1cccc(C(C)(C)O)n1. The third-order valence-corrected chi connectivity index (χ3v) is 11.6. The van der Waals surface area contributed by atoms with Gasteiger partial charge in [-0.25, -0.2) is 23.7 Å². The number of carbonyl (C=O) groups excluding carboxylic acids is 2. The van der Waals surface area contributed by atoms with Gasteiger partial charge in [-0.3, -0.25) is 19.7 Å². The number of nitrogens with one attached hydrogen (secondary N) is 3. The van der Waals surface area contributed by atoms with Crippen molar-refractivity contribution in [3.8, 4) is 5.82 Å². The Balaban J connectivity index is 0.862. The van der Waals surface area contributed by atoms with E-state index in [1.165, 1.54) is 22.5 Å². The van der Waals surface area contributed by atoms with Gasteiger partial charge in [0.25, 0.3) is 5.56 Å². The Hall–Kier alpha value is -5.93. The molecule has 5 aromatic rings. The molecule has 3 fully saturated rings. The third kappa shape index (κ3) is 8.09. The van der Waals surface area contributed by atoms with Crippen molar-refractivity contribution >= 4 is 45.9 Å². The fraction of sp³-hybridized carbons (Fsp3) is 0.395. The van der Waals surface area contributed by atoms with E-state index in [4.69, 9.17) is 4.98 Å². The number of carbonyl (C=O) groups is 2. The minimum atomic E-state index is -1.17. The van der Waals surface area contributed by atoms with Crippen LogP contribution in [0.3, 0.4) is 0 Å². The van der Waals surface area contributed by atoms with Gasteiger partial charge in [-0.15, -0.1) is 6.58 Å². The first-order valence-electron chi connectivity index (χ1n) is 20.0. The van der Waals surface area contributed by atoms with E-state index in [2.05, 4.69) is 54.4 Å². The molecular weight excluding hydrogens is 740 g/mol. The van der Waals surface area contributed by atoms with Gasteiger partial charge in [0.1, 0.15) is 22.8 Å². The molecule has 0 aliphatic carbocycles. The molecule has 302 valence electrons. The number of amides is 2. The summed E-state index contributed by atoms with van der Waals surface area (Å²) in [5.74, 6) is 0.253. The second-order valence-electron chi connectivity index (χ2n) is 15.9. The van der Waals surface area contributed by atoms with Gasteiger partial charge in [0.15, 0.2) is 11.5 Å². The van der Waals surface area contributed by atoms with Crippen molar-refractivity contribution in [2.24, 2.45) is 0 Å². The fourth-order valence-electron chi connectivity index (χ4n) is 8.41. The number of imide groups is 1. The van der Waals surface area contributed by atoms with Crippen LogP contribution >= 0.6 is 0 Å². The van der Waals surface area contributed by atoms with Gasteiger partial charge in [0.2, 0.25) is 17.8 Å². The second kappa shape index (κ2) is 16.1. The molecule has 0 saturated carbocycles. The average Bonchev–Trinajstić information content (AvgIpc) is 3.49. The first-order chi connectivity index (χ1) is 27.9. The van der Waals surface area contributed by atoms with E-state index in [-0.39, 0.29) is 36.2 Å². The van der Waals surface area contributed by atoms with Crippen LogP contribution in [-0.4, -0.2) is 84.4 Å². The maximum atomic E-state index is 15.3. The molecule has 3 saturated heterocycles. The highest BCUT2D eigenvalue weighted by molar-refractivity contribution is 6.01. The van der Waals surface area contributed by atoms with Gasteiger partial charge in [0.05, 0.1) is 17.9 Å². The summed E-state index contributed by atoms with van der Waals surface area (Å²) in [6.45, 7) is 11.0. The number of rotatable bonds is 11. The summed E-state index contributed by atoms with van der Waals surface area (Å²) in [6.07, 6.45) is 7.86. The zero-order valence-corrected chi connectivity index (χ0v) is 32.8. The Morgan fingerprint density at radius 1 is 0.948 bits per heavy atom. The number of likely N-dealkylation sites (tertiary alicyclic amines) is 1. The molecule has 1 atom stereocenters. The van der Waals surface area contributed by atoms with Gasteiger partial charge in [-0.1, -0.05) is 24.3 Å². The predicted octanol–water partition coefficient (Wildman–Crippen LogP) is 5.34. The highest BCUT2D eigenvalue weighted by Crippen LogP contribution is 2.33. The van der Waals surface area contributed by atoms with Crippen molar-refractivity contribution in [3.05, 3.63) is 107 Å². The number of aromatic nitrogens is 5. The lowest BCUT2D eigenvalue weighted by Crippen LogP contribution is -2.48. The molecule has 4 N–H and O–H groups in total. The molecule has 2 amide bonds. The second-order valence-corrected chi connectivity index (χ2v) is 15.9. The quantitative estimate of drug-likeness (QED) is 0.101. The van der Waals surface area contributed by atoms with Crippen molar-refractivity contribution in [2.45, 2.75) is 82.5 Å². The maximum Gasteiger partial charge on any atom is 0.278 e. The van der Waals surface area contributed by atoms with Crippen LogP contribution in [0.2, 0.25) is 0 Å². The van der Waals surface area contributed by atoms with E-state index >= 15 is 4.39 Å². The van der Waals surface area contributed by atoms with E-state index < -0.39 is 11.6 Å². The van der Waals surface area contributed by atoms with E-state index in [1.807, 2.05) is 12.1 Å². The number of piperidine rings is 3. The summed E-state index contributed by atoms with van der Waals surface area (Å²) < 4.78 is 18.4. The topological polar surface area (TPSA) is 163 Å². The minimum Gasteiger partial charge on any atom is -0.384 e. The molecule has 15 heteroatoms. The number of allylic oxidation sites excluding steroid dienone is 1. The smallest absolute Gasteiger partial charge is 0.278 e. The summed E-state index contributed by atoms with van der Waals surface area (Å²) in [5.41, 5.74) is 2.63. The lowest BCUT2D eigenvalue weighted by atomic mass is 9.88. The Morgan fingerprint density at radius 3 is 2.38 bits per heavy atom. The number of benzene rings is 2. The highest BCUT2D eigenvalue weighted by Gasteiger charge is 2.31. The fourth-order valence-corrected chi connectivity index (χ4v) is 8.41. The molecule has 3 aromatic heterocycles. The molecule has 8 rings (SSSR count). The van der Waals surface area contributed by atoms with Crippen molar-refractivity contribution in [1.82, 2.24) is 34.5 Å². The molecule has 3 aliphatic heterocycles. The molecule has 14 nitrogen and oxygen atoms in total. The Morgan fingerprint density at radius 2 is 1.69 bits per heavy atom. The molecule has 0 radical (unpaired) electrons. The number of aliphatic hydroxyl groups is 1. The molecule has 3 aliphatic rings. The third-order valence-electron chi connectivity index (χ3n) is 11.6. The van der Waals surface area contributed by atoms with Crippen LogP contribution in [0.15, 0.2) is 84.3 Å². The molecule has 0 spiro atoms. The molecule has 1 unspecified atom stereocenters. The first-order valence-corrected chi connectivity index (χ1v) is 20.0. The van der Waals surface area contributed by atoms with E-state index in [9.17, 15) is 19.5 Å². The molecular formula is C43H49FN10O4. The average molecular weight is 789 g/mol. The summed E-state index contributed by atoms with van der Waals surface area (Å²) in [7, 11) is 0. The van der Waals surface area contributed by atoms with Gasteiger partial charge >= 0.3 is 0 Å². The molecule has 6 heterocycles. The summed E-state index contributed by atoms with van der Waals surface area (Å²) in [6, 6.07) is 18.6. The van der Waals surface area contributed by atoms with Crippen LogP contribution in [0, 0.1) is 5.82 Å². The lowest BCUT2D eigenvalue weighted by Gasteiger charge is -2.42. The minimum absolute atomic E-state index is 0.235. The van der Waals surface area contributed by atoms with E-state index in [0.29, 0.717) is 58.2 Å². The van der Waals surface area contributed by atoms with Crippen LogP contribution in [0.5, 0.6) is 0 Å². The standard InChI is InChI=1S/C43H49FN10O4/c1-4-20-53-41(57)32-26-45-42(50-39(32)54(53)37-7-5-6-36(48-37)43(2,3)58)47-29-10-8-27(9-11-29)28-16-21-51(22-17-28)31-18-23-52(24-19-31)35-14-12-30(25-33(35)44)46-34-13-15-38(55)49-40(34)56/h4-12,14,25-26,28,31,34,46,58H,1,13,15-24H2,2-3H3,(H,45,47,50)(H,49,55,56). The lowest BCUT2D eigenvalue weighted by molar-refractivity contribution is -0.133. The number of pyridine rings is 1. The Kier molecular flexibility index (Phi) is 10.8. The van der Waals surface area contributed by atoms with Crippen LogP contribution in [-0.2, 0) is 21.7 Å². The van der Waals surface area contributed by atoms with Crippen molar-refractivity contribution in [3.63, 3.8) is 0 Å². The Bertz CT molecular complexity index is 2390. The van der Waals surface area contributed by atoms with Gasteiger partial charge < -0.3 is 25.5 Å². The first kappa shape index (κ1) is 38.9. The number of nitrogens with zero attached hydrogens (tertiary/aromatic N) is 7. The monoisotopic (exact) mass is 788 g/mol. The summed E-state index contributed by atoms with van der Waals surface area (Å²) in [4.78, 5) is 55.6. The molecule has 0 bridgehead atoms. The highest BCUT2D eigenvalue weighted by atomic mass is 19.1. The summed E-state index contributed by atoms with van der Waals surface area (Å²) >= 11 is 0. The van der Waals surface area contributed by atoms with E-state index in [0.717, 1.165) is 57.5 Å². The van der Waals surface area contributed by atoms with Crippen LogP contribution in [0.25, 0.3) is 16.9 Å². The van der Waals surface area contributed by atoms with Crippen molar-refractivity contribution in [1.29, 1.82) is 0 Å². The van der Waals surface area contributed by atoms with Crippen molar-refractivity contribution in [2.75, 3.05) is 41.7 Å². The summed E-state index contributed by atoms with van der Waals surface area (Å²) in [5, 5.41) is 19.6. The maximum absolute atomic E-state index is 15.3.